The summed E-state index contributed by atoms with van der Waals surface area (Å²) in [5.74, 6) is 0.287. The van der Waals surface area contributed by atoms with Crippen LogP contribution in [0.4, 0.5) is 0 Å². The van der Waals surface area contributed by atoms with Crippen molar-refractivity contribution in [1.29, 1.82) is 0 Å². The summed E-state index contributed by atoms with van der Waals surface area (Å²) < 4.78 is 1.50. The van der Waals surface area contributed by atoms with Crippen molar-refractivity contribution >= 4 is 10.8 Å². The fraction of sp³-hybridized carbons (Fsp3) is 0.300. The predicted molar refractivity (Wildman–Crippen MR) is 99.7 cm³/mol. The van der Waals surface area contributed by atoms with Crippen molar-refractivity contribution < 1.29 is 5.11 Å². The zero-order chi connectivity index (χ0) is 17.8. The lowest BCUT2D eigenvalue weighted by Gasteiger charge is -2.23. The summed E-state index contributed by atoms with van der Waals surface area (Å²) in [4.78, 5) is 12.6. The van der Waals surface area contributed by atoms with Gasteiger partial charge in [0.05, 0.1) is 18.1 Å². The molecule has 3 rings (SSSR count). The molecule has 0 amide bonds. The van der Waals surface area contributed by atoms with Crippen molar-refractivity contribution in [3.05, 3.63) is 70.6 Å². The normalized spacial score (nSPS) is 13.7. The minimum Gasteiger partial charge on any atom is -0.508 e. The van der Waals surface area contributed by atoms with E-state index in [0.29, 0.717) is 11.9 Å². The second kappa shape index (κ2) is 7.49. The fourth-order valence-corrected chi connectivity index (χ4v) is 3.12. The molecule has 0 spiro atoms. The summed E-state index contributed by atoms with van der Waals surface area (Å²) in [5, 5.41) is 19.4. The summed E-state index contributed by atoms with van der Waals surface area (Å²) >= 11 is 0. The Morgan fingerprint density at radius 2 is 1.88 bits per heavy atom. The molecule has 3 aromatic rings. The lowest BCUT2D eigenvalue weighted by Crippen LogP contribution is -2.37. The summed E-state index contributed by atoms with van der Waals surface area (Å²) in [7, 11) is 0. The van der Waals surface area contributed by atoms with Gasteiger partial charge in [0.2, 0.25) is 0 Å². The number of phenols is 1. The van der Waals surface area contributed by atoms with Gasteiger partial charge in [-0.3, -0.25) is 4.79 Å². The molecule has 0 radical (unpaired) electrons. The lowest BCUT2D eigenvalue weighted by atomic mass is 10.0. The SMILES string of the molecule is CC[C@H](N[C@@H](C)Cn1ncc2ccccc2c1=O)c1ccccc1O. The third-order valence-electron chi connectivity index (χ3n) is 4.41. The van der Waals surface area contributed by atoms with E-state index in [0.717, 1.165) is 17.4 Å². The molecule has 1 aromatic heterocycles. The Labute approximate surface area is 146 Å². The molecule has 0 fully saturated rings. The Morgan fingerprint density at radius 1 is 1.16 bits per heavy atom. The maximum absolute atomic E-state index is 12.6. The number of hydrogen-bond donors (Lipinski definition) is 2. The molecule has 2 N–H and O–H groups in total. The predicted octanol–water partition coefficient (Wildman–Crippen LogP) is 3.23. The minimum atomic E-state index is -0.0812. The number of fused-ring (bicyclic) bond motifs is 1. The molecule has 25 heavy (non-hydrogen) atoms. The van der Waals surface area contributed by atoms with Gasteiger partial charge in [-0.15, -0.1) is 0 Å². The van der Waals surface area contributed by atoms with Crippen LogP contribution >= 0.6 is 0 Å². The van der Waals surface area contributed by atoms with Crippen LogP contribution in [-0.4, -0.2) is 20.9 Å². The highest BCUT2D eigenvalue weighted by Crippen LogP contribution is 2.26. The molecule has 0 aliphatic heterocycles. The van der Waals surface area contributed by atoms with Gasteiger partial charge in [0, 0.05) is 23.0 Å². The molecule has 1 heterocycles. The summed E-state index contributed by atoms with van der Waals surface area (Å²) in [6, 6.07) is 14.9. The van der Waals surface area contributed by atoms with Crippen LogP contribution in [0.15, 0.2) is 59.5 Å². The Bertz CT molecular complexity index is 920. The molecular weight excluding hydrogens is 314 g/mol. The van der Waals surface area contributed by atoms with Crippen LogP contribution in [-0.2, 0) is 6.54 Å². The van der Waals surface area contributed by atoms with Crippen LogP contribution in [0.2, 0.25) is 0 Å². The van der Waals surface area contributed by atoms with Crippen LogP contribution in [0, 0.1) is 0 Å². The van der Waals surface area contributed by atoms with E-state index in [2.05, 4.69) is 17.3 Å². The molecule has 2 atom stereocenters. The van der Waals surface area contributed by atoms with Crippen molar-refractivity contribution in [2.24, 2.45) is 0 Å². The topological polar surface area (TPSA) is 67.2 Å². The second-order valence-electron chi connectivity index (χ2n) is 6.31. The highest BCUT2D eigenvalue weighted by Gasteiger charge is 2.16. The van der Waals surface area contributed by atoms with Gasteiger partial charge in [0.1, 0.15) is 5.75 Å². The Hall–Kier alpha value is -2.66. The smallest absolute Gasteiger partial charge is 0.274 e. The van der Waals surface area contributed by atoms with Crippen molar-refractivity contribution in [2.45, 2.75) is 38.9 Å². The van der Waals surface area contributed by atoms with E-state index in [1.54, 1.807) is 12.3 Å². The first-order valence-electron chi connectivity index (χ1n) is 8.59. The van der Waals surface area contributed by atoms with Crippen LogP contribution in [0.5, 0.6) is 5.75 Å². The monoisotopic (exact) mass is 337 g/mol. The maximum Gasteiger partial charge on any atom is 0.274 e. The number of benzene rings is 2. The molecule has 2 aromatic carbocycles. The van der Waals surface area contributed by atoms with Crippen molar-refractivity contribution in [1.82, 2.24) is 15.1 Å². The average molecular weight is 337 g/mol. The molecule has 0 saturated heterocycles. The van der Waals surface area contributed by atoms with Crippen molar-refractivity contribution in [3.63, 3.8) is 0 Å². The number of nitrogens with one attached hydrogen (secondary N) is 1. The summed E-state index contributed by atoms with van der Waals surface area (Å²) in [6.07, 6.45) is 2.56. The lowest BCUT2D eigenvalue weighted by molar-refractivity contribution is 0.375. The Balaban J connectivity index is 1.78. The number of para-hydroxylation sites is 1. The quantitative estimate of drug-likeness (QED) is 0.725. The largest absolute Gasteiger partial charge is 0.508 e. The van der Waals surface area contributed by atoms with Gasteiger partial charge in [-0.2, -0.15) is 5.10 Å². The number of nitrogens with zero attached hydrogens (tertiary/aromatic N) is 2. The molecule has 0 bridgehead atoms. The van der Waals surface area contributed by atoms with Gasteiger partial charge in [0.25, 0.3) is 5.56 Å². The first kappa shape index (κ1) is 17.2. The maximum atomic E-state index is 12.6. The van der Waals surface area contributed by atoms with E-state index in [9.17, 15) is 9.90 Å². The first-order chi connectivity index (χ1) is 12.1. The molecule has 0 aliphatic rings. The summed E-state index contributed by atoms with van der Waals surface area (Å²) in [5.41, 5.74) is 0.790. The third-order valence-corrected chi connectivity index (χ3v) is 4.41. The van der Waals surface area contributed by atoms with Crippen LogP contribution in [0.3, 0.4) is 0 Å². The third kappa shape index (κ3) is 3.72. The molecular formula is C20H23N3O2. The Kier molecular flexibility index (Phi) is 5.14. The Morgan fingerprint density at radius 3 is 2.64 bits per heavy atom. The zero-order valence-electron chi connectivity index (χ0n) is 14.5. The van der Waals surface area contributed by atoms with E-state index >= 15 is 0 Å². The highest BCUT2D eigenvalue weighted by molar-refractivity contribution is 5.80. The second-order valence-corrected chi connectivity index (χ2v) is 6.31. The van der Waals surface area contributed by atoms with Crippen LogP contribution < -0.4 is 10.9 Å². The van der Waals surface area contributed by atoms with Crippen molar-refractivity contribution in [2.75, 3.05) is 0 Å². The molecule has 0 aliphatic carbocycles. The minimum absolute atomic E-state index is 0.0207. The summed E-state index contributed by atoms with van der Waals surface area (Å²) in [6.45, 7) is 4.55. The van der Waals surface area contributed by atoms with E-state index < -0.39 is 0 Å². The van der Waals surface area contributed by atoms with E-state index in [1.807, 2.05) is 49.4 Å². The number of hydrogen-bond acceptors (Lipinski definition) is 4. The molecule has 5 heteroatoms. The highest BCUT2D eigenvalue weighted by atomic mass is 16.3. The van der Waals surface area contributed by atoms with E-state index in [1.165, 1.54) is 4.68 Å². The van der Waals surface area contributed by atoms with E-state index in [4.69, 9.17) is 0 Å². The zero-order valence-corrected chi connectivity index (χ0v) is 14.5. The average Bonchev–Trinajstić information content (AvgIpc) is 2.63. The molecule has 0 unspecified atom stereocenters. The van der Waals surface area contributed by atoms with Gasteiger partial charge < -0.3 is 10.4 Å². The van der Waals surface area contributed by atoms with Gasteiger partial charge in [-0.05, 0) is 25.5 Å². The number of aromatic hydroxyl groups is 1. The number of rotatable bonds is 6. The molecule has 5 nitrogen and oxygen atoms in total. The van der Waals surface area contributed by atoms with Crippen molar-refractivity contribution in [3.8, 4) is 5.75 Å². The number of aromatic nitrogens is 2. The van der Waals surface area contributed by atoms with Gasteiger partial charge in [0.15, 0.2) is 0 Å². The fourth-order valence-electron chi connectivity index (χ4n) is 3.12. The molecule has 0 saturated carbocycles. The van der Waals surface area contributed by atoms with Gasteiger partial charge in [-0.25, -0.2) is 4.68 Å². The number of phenolic OH excluding ortho intramolecular Hbond substituents is 1. The van der Waals surface area contributed by atoms with Crippen LogP contribution in [0.25, 0.3) is 10.8 Å². The standard InChI is InChI=1S/C20H23N3O2/c1-3-18(17-10-6-7-11-19(17)24)22-14(2)13-23-20(25)16-9-5-4-8-15(16)12-21-23/h4-12,14,18,22,24H,3,13H2,1-2H3/t14-,18-/m0/s1. The molecule has 130 valence electrons. The first-order valence-corrected chi connectivity index (χ1v) is 8.59. The van der Waals surface area contributed by atoms with Gasteiger partial charge >= 0.3 is 0 Å². The van der Waals surface area contributed by atoms with Gasteiger partial charge in [-0.1, -0.05) is 43.3 Å². The van der Waals surface area contributed by atoms with E-state index in [-0.39, 0.29) is 23.4 Å². The van der Waals surface area contributed by atoms with Crippen LogP contribution in [0.1, 0.15) is 31.9 Å².